The average Bonchev–Trinajstić information content (AvgIpc) is 2.98. The van der Waals surface area contributed by atoms with Gasteiger partial charge in [0.05, 0.1) is 0 Å². The summed E-state index contributed by atoms with van der Waals surface area (Å²) >= 11 is 0. The van der Waals surface area contributed by atoms with Crippen molar-refractivity contribution in [2.75, 3.05) is 13.1 Å². The van der Waals surface area contributed by atoms with Crippen molar-refractivity contribution in [2.45, 2.75) is 49.7 Å². The maximum atomic E-state index is 6.51. The van der Waals surface area contributed by atoms with E-state index in [1.807, 2.05) is 0 Å². The Bertz CT molecular complexity index is 728. The van der Waals surface area contributed by atoms with Crippen LogP contribution < -0.4 is 4.74 Å². The summed E-state index contributed by atoms with van der Waals surface area (Å²) in [6, 6.07) is 20.3. The monoisotopic (exact) mass is 319 g/mol. The Morgan fingerprint density at radius 1 is 1.00 bits per heavy atom. The first-order valence-electron chi connectivity index (χ1n) is 9.41. The Balaban J connectivity index is 1.38. The summed E-state index contributed by atoms with van der Waals surface area (Å²) in [5.74, 6) is 1.15. The van der Waals surface area contributed by atoms with E-state index in [0.29, 0.717) is 17.6 Å². The van der Waals surface area contributed by atoms with E-state index >= 15 is 0 Å². The molecular weight excluding hydrogens is 294 g/mol. The van der Waals surface area contributed by atoms with Crippen molar-refractivity contribution in [3.05, 3.63) is 65.7 Å². The molecule has 2 aromatic rings. The molecule has 2 heterocycles. The van der Waals surface area contributed by atoms with Crippen LogP contribution in [0.25, 0.3) is 0 Å². The summed E-state index contributed by atoms with van der Waals surface area (Å²) < 4.78 is 6.51. The molecule has 5 rings (SSSR count). The third kappa shape index (κ3) is 2.12. The lowest BCUT2D eigenvalue weighted by Gasteiger charge is -2.52. The summed E-state index contributed by atoms with van der Waals surface area (Å²) in [5.41, 5.74) is 3.23. The minimum atomic E-state index is 0.294. The van der Waals surface area contributed by atoms with E-state index in [1.54, 1.807) is 0 Å². The highest BCUT2D eigenvalue weighted by Crippen LogP contribution is 2.55. The highest BCUT2D eigenvalue weighted by atomic mass is 16.5. The van der Waals surface area contributed by atoms with Crippen molar-refractivity contribution < 1.29 is 4.74 Å². The van der Waals surface area contributed by atoms with Gasteiger partial charge in [-0.3, -0.25) is 4.90 Å². The number of para-hydroxylation sites is 1. The molecule has 1 saturated heterocycles. The van der Waals surface area contributed by atoms with Crippen LogP contribution in [0.1, 0.15) is 36.8 Å². The van der Waals surface area contributed by atoms with E-state index < -0.39 is 0 Å². The van der Waals surface area contributed by atoms with Crippen molar-refractivity contribution in [1.82, 2.24) is 4.90 Å². The van der Waals surface area contributed by atoms with E-state index in [1.165, 1.54) is 43.4 Å². The van der Waals surface area contributed by atoms with Gasteiger partial charge in [-0.15, -0.1) is 0 Å². The fourth-order valence-corrected chi connectivity index (χ4v) is 5.37. The highest BCUT2D eigenvalue weighted by Gasteiger charge is 2.57. The molecule has 124 valence electrons. The molecule has 2 aromatic carbocycles. The van der Waals surface area contributed by atoms with Crippen LogP contribution in [-0.2, 0) is 11.8 Å². The maximum Gasteiger partial charge on any atom is 0.124 e. The standard InChI is InChI=1S/C22H25NO/c1-2-7-17(8-3-1)12-15-23-16-14-22-13-6-10-19(23)21(22)24-20-11-5-4-9-18(20)22/h1-5,7-9,11,19,21H,6,10,12-16H2/t19-,21-,22-/m0/s1. The Hall–Kier alpha value is -1.80. The second-order valence-corrected chi connectivity index (χ2v) is 7.67. The molecule has 2 heteroatoms. The number of likely N-dealkylation sites (tertiary alicyclic amines) is 1. The molecular formula is C22H25NO. The molecule has 1 aliphatic carbocycles. The van der Waals surface area contributed by atoms with E-state index in [-0.39, 0.29) is 0 Å². The van der Waals surface area contributed by atoms with Gasteiger partial charge in [0.25, 0.3) is 0 Å². The van der Waals surface area contributed by atoms with Gasteiger partial charge in [0.2, 0.25) is 0 Å². The van der Waals surface area contributed by atoms with Gasteiger partial charge in [-0.1, -0.05) is 55.0 Å². The number of benzene rings is 2. The normalized spacial score (nSPS) is 31.2. The Kier molecular flexibility index (Phi) is 3.41. The van der Waals surface area contributed by atoms with Crippen molar-refractivity contribution >= 4 is 0 Å². The van der Waals surface area contributed by atoms with Crippen LogP contribution in [0.5, 0.6) is 5.75 Å². The molecule has 24 heavy (non-hydrogen) atoms. The van der Waals surface area contributed by atoms with E-state index in [4.69, 9.17) is 4.74 Å². The van der Waals surface area contributed by atoms with Crippen molar-refractivity contribution in [3.8, 4) is 5.75 Å². The molecule has 0 spiro atoms. The van der Waals surface area contributed by atoms with Crippen LogP contribution in [0, 0.1) is 0 Å². The van der Waals surface area contributed by atoms with Crippen molar-refractivity contribution in [3.63, 3.8) is 0 Å². The third-order valence-electron chi connectivity index (χ3n) is 6.54. The van der Waals surface area contributed by atoms with Gasteiger partial charge in [0, 0.05) is 23.6 Å². The number of hydrogen-bond donors (Lipinski definition) is 0. The quantitative estimate of drug-likeness (QED) is 0.841. The van der Waals surface area contributed by atoms with Crippen molar-refractivity contribution in [1.29, 1.82) is 0 Å². The van der Waals surface area contributed by atoms with Crippen molar-refractivity contribution in [2.24, 2.45) is 0 Å². The summed E-state index contributed by atoms with van der Waals surface area (Å²) in [4.78, 5) is 2.71. The van der Waals surface area contributed by atoms with Crippen LogP contribution in [0.2, 0.25) is 0 Å². The van der Waals surface area contributed by atoms with Gasteiger partial charge in [-0.2, -0.15) is 0 Å². The third-order valence-corrected chi connectivity index (χ3v) is 6.54. The highest BCUT2D eigenvalue weighted by molar-refractivity contribution is 5.47. The van der Waals surface area contributed by atoms with E-state index in [2.05, 4.69) is 59.5 Å². The molecule has 3 aliphatic rings. The topological polar surface area (TPSA) is 12.5 Å². The van der Waals surface area contributed by atoms with Gasteiger partial charge >= 0.3 is 0 Å². The number of nitrogens with zero attached hydrogens (tertiary/aromatic N) is 1. The second-order valence-electron chi connectivity index (χ2n) is 7.67. The lowest BCUT2D eigenvalue weighted by molar-refractivity contribution is -0.0412. The molecule has 2 nitrogen and oxygen atoms in total. The minimum absolute atomic E-state index is 0.294. The lowest BCUT2D eigenvalue weighted by Crippen LogP contribution is -2.62. The Labute approximate surface area is 144 Å². The number of rotatable bonds is 3. The first-order chi connectivity index (χ1) is 11.9. The number of piperidine rings is 1. The van der Waals surface area contributed by atoms with Gasteiger partial charge in [-0.05, 0) is 43.9 Å². The molecule has 2 aliphatic heterocycles. The van der Waals surface area contributed by atoms with Gasteiger partial charge in [-0.25, -0.2) is 0 Å². The maximum absolute atomic E-state index is 6.51. The zero-order chi connectivity index (χ0) is 16.0. The molecule has 0 aromatic heterocycles. The largest absolute Gasteiger partial charge is 0.488 e. The summed E-state index contributed by atoms with van der Waals surface area (Å²) in [6.07, 6.45) is 6.69. The zero-order valence-corrected chi connectivity index (χ0v) is 14.2. The van der Waals surface area contributed by atoms with Gasteiger partial charge < -0.3 is 4.74 Å². The summed E-state index contributed by atoms with van der Waals surface area (Å²) in [7, 11) is 0. The number of hydrogen-bond acceptors (Lipinski definition) is 2. The predicted molar refractivity (Wildman–Crippen MR) is 96.5 cm³/mol. The number of fused-ring (bicyclic) bond motifs is 1. The summed E-state index contributed by atoms with van der Waals surface area (Å²) in [5, 5.41) is 0. The molecule has 0 N–H and O–H groups in total. The first kappa shape index (κ1) is 14.5. The molecule has 2 bridgehead atoms. The predicted octanol–water partition coefficient (Wildman–Crippen LogP) is 4.19. The Morgan fingerprint density at radius 2 is 1.83 bits per heavy atom. The SMILES string of the molecule is c1ccc(CCN2CC[C@]34CCC[C@H]2[C@@H]3Oc2ccccc24)cc1. The average molecular weight is 319 g/mol. The minimum Gasteiger partial charge on any atom is -0.488 e. The molecule has 0 radical (unpaired) electrons. The fraction of sp³-hybridized carbons (Fsp3) is 0.455. The zero-order valence-electron chi connectivity index (χ0n) is 14.2. The van der Waals surface area contributed by atoms with Gasteiger partial charge in [0.15, 0.2) is 0 Å². The molecule has 1 saturated carbocycles. The van der Waals surface area contributed by atoms with Crippen LogP contribution in [-0.4, -0.2) is 30.1 Å². The lowest BCUT2D eigenvalue weighted by atomic mass is 9.62. The van der Waals surface area contributed by atoms with E-state index in [0.717, 1.165) is 18.7 Å². The van der Waals surface area contributed by atoms with Crippen LogP contribution >= 0.6 is 0 Å². The van der Waals surface area contributed by atoms with E-state index in [9.17, 15) is 0 Å². The summed E-state index contributed by atoms with van der Waals surface area (Å²) in [6.45, 7) is 2.37. The molecule has 0 unspecified atom stereocenters. The first-order valence-corrected chi connectivity index (χ1v) is 9.41. The Morgan fingerprint density at radius 3 is 2.75 bits per heavy atom. The van der Waals surface area contributed by atoms with Crippen LogP contribution in [0.15, 0.2) is 54.6 Å². The van der Waals surface area contributed by atoms with Crippen LogP contribution in [0.3, 0.4) is 0 Å². The smallest absolute Gasteiger partial charge is 0.124 e. The molecule has 2 fully saturated rings. The fourth-order valence-electron chi connectivity index (χ4n) is 5.37. The molecule has 3 atom stereocenters. The number of ether oxygens (including phenoxy) is 1. The second kappa shape index (κ2) is 5.63. The molecule has 0 amide bonds. The van der Waals surface area contributed by atoms with Gasteiger partial charge in [0.1, 0.15) is 11.9 Å². The van der Waals surface area contributed by atoms with Crippen LogP contribution in [0.4, 0.5) is 0 Å².